The number of aromatic nitrogens is 1. The molecule has 5 rings (SSSR count). The minimum Gasteiger partial charge on any atom is -0.508 e. The Balaban J connectivity index is 1.55. The molecule has 0 unspecified atom stereocenters. The van der Waals surface area contributed by atoms with Crippen LogP contribution in [-0.4, -0.2) is 117 Å². The van der Waals surface area contributed by atoms with Gasteiger partial charge in [0.15, 0.2) is 0 Å². The Hall–Kier alpha value is -6.13. The normalized spacial score (nSPS) is 21.6. The highest BCUT2D eigenvalue weighted by Gasteiger charge is 2.36. The number of nitrogens with two attached hydrogens (primary N) is 3. The van der Waals surface area contributed by atoms with Gasteiger partial charge in [0.1, 0.15) is 42.0 Å². The van der Waals surface area contributed by atoms with Crippen molar-refractivity contribution in [2.45, 2.75) is 87.4 Å². The molecule has 2 heterocycles. The fraction of sp³-hybridized carbons (Fsp3) is 0.386. The average Bonchev–Trinajstić information content (AvgIpc) is 3.69. The summed E-state index contributed by atoms with van der Waals surface area (Å²) in [6.45, 7) is 1.55. The van der Waals surface area contributed by atoms with Crippen LogP contribution in [0, 0.1) is 0 Å². The average molecular weight is 933 g/mol. The van der Waals surface area contributed by atoms with Crippen molar-refractivity contribution in [1.82, 2.24) is 36.9 Å². The van der Waals surface area contributed by atoms with Crippen LogP contribution in [0.25, 0.3) is 10.9 Å². The minimum atomic E-state index is -1.51. The molecule has 65 heavy (non-hydrogen) atoms. The first-order chi connectivity index (χ1) is 31.1. The number of hydrogen-bond donors (Lipinski definition) is 12. The minimum absolute atomic E-state index is 0.0797. The highest BCUT2D eigenvalue weighted by molar-refractivity contribution is 8.76. The van der Waals surface area contributed by atoms with Crippen molar-refractivity contribution in [1.29, 1.82) is 0 Å². The molecule has 8 atom stereocenters. The largest absolute Gasteiger partial charge is 0.508 e. The number of unbranched alkanes of at least 4 members (excludes halogenated alkanes) is 1. The van der Waals surface area contributed by atoms with E-state index < -0.39 is 89.7 Å². The molecule has 1 aliphatic rings. The lowest BCUT2D eigenvalue weighted by atomic mass is 10.0. The molecule has 4 aromatic rings. The van der Waals surface area contributed by atoms with Crippen LogP contribution < -0.4 is 49.1 Å². The molecule has 15 N–H and O–H groups in total. The van der Waals surface area contributed by atoms with Crippen LogP contribution in [0.1, 0.15) is 48.9 Å². The SMILES string of the molecule is C[C@@H](O)[C@H](NC(=O)[C@@H]1CSSC[C@H](NC(=O)[C@H](N)Cc2ccccc2)C(=O)N[C@@H](c2ccc(O)cc2)C(=O)N[C@H](Cc2c[nH]c3ccccc23)C(=O)N[C@@H](CCCCN)C(=O)N1)C(N)=O. The molecule has 348 valence electrons. The molecule has 19 nitrogen and oxygen atoms in total. The number of benzene rings is 3. The van der Waals surface area contributed by atoms with Gasteiger partial charge in [-0.1, -0.05) is 82.3 Å². The van der Waals surface area contributed by atoms with E-state index >= 15 is 0 Å². The molecule has 0 spiro atoms. The fourth-order valence-electron chi connectivity index (χ4n) is 7.02. The number of aromatic hydroxyl groups is 1. The second-order valence-electron chi connectivity index (χ2n) is 15.6. The number of phenolic OH excluding ortho intramolecular Hbond substituents is 1. The first-order valence-electron chi connectivity index (χ1n) is 21.0. The number of para-hydroxylation sites is 1. The number of aromatic amines is 1. The van der Waals surface area contributed by atoms with E-state index in [1.165, 1.54) is 31.2 Å². The van der Waals surface area contributed by atoms with Crippen molar-refractivity contribution in [2.75, 3.05) is 18.1 Å². The second kappa shape index (κ2) is 24.2. The quantitative estimate of drug-likeness (QED) is 0.0537. The molecule has 1 saturated heterocycles. The number of carbonyl (C=O) groups excluding carboxylic acids is 7. The Morgan fingerprint density at radius 2 is 1.48 bits per heavy atom. The van der Waals surface area contributed by atoms with Gasteiger partial charge in [-0.05, 0) is 74.0 Å². The number of H-pyrrole nitrogens is 1. The standard InChI is InChI=1S/C44H56N10O9S2/c1-24(55)36(38(47)57)53-42(61)35-23-65-64-22-34(51-39(58)30(46)19-25-9-3-2-4-10-25)43(62)54-37(26-14-16-28(56)17-15-26)44(63)50-33(20-27-21-48-31-12-6-5-11-29(27)31)41(60)49-32(40(59)52-35)13-7-8-18-45/h2-6,9-12,14-17,21,24,30,32-37,48,55-56H,7-8,13,18-20,22-23,45-46H2,1H3,(H2,47,57)(H,49,60)(H,50,63)(H,51,58)(H,52,59)(H,53,61)(H,54,62)/t24-,30-,32+,33-,34+,35+,36+,37+/m1/s1. The fourth-order valence-corrected chi connectivity index (χ4v) is 9.35. The van der Waals surface area contributed by atoms with Gasteiger partial charge < -0.3 is 64.3 Å². The van der Waals surface area contributed by atoms with Crippen LogP contribution in [-0.2, 0) is 46.4 Å². The van der Waals surface area contributed by atoms with Gasteiger partial charge in [-0.3, -0.25) is 33.6 Å². The number of nitrogens with one attached hydrogen (secondary N) is 7. The summed E-state index contributed by atoms with van der Waals surface area (Å²) in [6.07, 6.45) is 1.32. The van der Waals surface area contributed by atoms with Crippen molar-refractivity contribution < 1.29 is 43.8 Å². The number of hydrogen-bond acceptors (Lipinski definition) is 13. The summed E-state index contributed by atoms with van der Waals surface area (Å²) in [5.74, 6) is -6.20. The predicted molar refractivity (Wildman–Crippen MR) is 247 cm³/mol. The predicted octanol–water partition coefficient (Wildman–Crippen LogP) is -0.342. The van der Waals surface area contributed by atoms with Gasteiger partial charge in [-0.2, -0.15) is 0 Å². The van der Waals surface area contributed by atoms with E-state index in [0.29, 0.717) is 24.9 Å². The molecule has 3 aromatic carbocycles. The number of carbonyl (C=O) groups is 7. The molecule has 0 saturated carbocycles. The molecular weight excluding hydrogens is 877 g/mol. The Morgan fingerprint density at radius 3 is 2.17 bits per heavy atom. The molecule has 1 aliphatic heterocycles. The van der Waals surface area contributed by atoms with E-state index in [1.807, 2.05) is 30.3 Å². The van der Waals surface area contributed by atoms with Crippen molar-refractivity contribution in [3.05, 3.63) is 102 Å². The van der Waals surface area contributed by atoms with Gasteiger partial charge in [0, 0.05) is 35.0 Å². The third-order valence-electron chi connectivity index (χ3n) is 10.6. The molecule has 21 heteroatoms. The number of amides is 7. The number of rotatable bonds is 15. The number of primary amides is 1. The van der Waals surface area contributed by atoms with Crippen LogP contribution in [0.3, 0.4) is 0 Å². The molecule has 1 aromatic heterocycles. The summed E-state index contributed by atoms with van der Waals surface area (Å²) in [5, 5.41) is 37.1. The summed E-state index contributed by atoms with van der Waals surface area (Å²) in [6, 6.07) is 12.4. The number of aliphatic hydroxyl groups excluding tert-OH is 1. The highest BCUT2D eigenvalue weighted by Crippen LogP contribution is 2.25. The van der Waals surface area contributed by atoms with Crippen LogP contribution in [0.4, 0.5) is 0 Å². The Labute approximate surface area is 383 Å². The Bertz CT molecular complexity index is 2280. The first-order valence-corrected chi connectivity index (χ1v) is 23.5. The van der Waals surface area contributed by atoms with Crippen molar-refractivity contribution in [2.24, 2.45) is 17.2 Å². The summed E-state index contributed by atoms with van der Waals surface area (Å²) in [7, 11) is 2.08. The van der Waals surface area contributed by atoms with E-state index in [-0.39, 0.29) is 42.1 Å². The maximum atomic E-state index is 14.6. The van der Waals surface area contributed by atoms with Gasteiger partial charge in [-0.25, -0.2) is 0 Å². The van der Waals surface area contributed by atoms with Gasteiger partial charge >= 0.3 is 0 Å². The molecule has 7 amide bonds. The van der Waals surface area contributed by atoms with Gasteiger partial charge in [0.05, 0.1) is 12.1 Å². The van der Waals surface area contributed by atoms with Crippen LogP contribution in [0.2, 0.25) is 0 Å². The number of aliphatic hydroxyl groups is 1. The smallest absolute Gasteiger partial charge is 0.247 e. The van der Waals surface area contributed by atoms with Gasteiger partial charge in [0.2, 0.25) is 41.4 Å². The lowest BCUT2D eigenvalue weighted by Crippen LogP contribution is -2.60. The highest BCUT2D eigenvalue weighted by atomic mass is 33.1. The van der Waals surface area contributed by atoms with Crippen molar-refractivity contribution >= 4 is 73.8 Å². The Morgan fingerprint density at radius 1 is 0.815 bits per heavy atom. The van der Waals surface area contributed by atoms with Gasteiger partial charge in [0.25, 0.3) is 0 Å². The van der Waals surface area contributed by atoms with Crippen molar-refractivity contribution in [3.8, 4) is 5.75 Å². The van der Waals surface area contributed by atoms with Gasteiger partial charge in [-0.15, -0.1) is 0 Å². The maximum Gasteiger partial charge on any atom is 0.247 e. The lowest BCUT2D eigenvalue weighted by Gasteiger charge is -2.27. The molecule has 0 bridgehead atoms. The monoisotopic (exact) mass is 932 g/mol. The first kappa shape index (κ1) is 49.9. The zero-order valence-electron chi connectivity index (χ0n) is 35.7. The second-order valence-corrected chi connectivity index (χ2v) is 18.2. The van der Waals surface area contributed by atoms with E-state index in [4.69, 9.17) is 17.2 Å². The van der Waals surface area contributed by atoms with E-state index in [1.54, 1.807) is 30.5 Å². The van der Waals surface area contributed by atoms with Crippen molar-refractivity contribution in [3.63, 3.8) is 0 Å². The van der Waals surface area contributed by atoms with E-state index in [2.05, 4.69) is 36.9 Å². The molecular formula is C44H56N10O9S2. The molecule has 1 fully saturated rings. The Kier molecular flexibility index (Phi) is 18.6. The third kappa shape index (κ3) is 14.4. The molecule has 0 radical (unpaired) electrons. The summed E-state index contributed by atoms with van der Waals surface area (Å²) in [5.41, 5.74) is 19.9. The lowest BCUT2D eigenvalue weighted by molar-refractivity contribution is -0.135. The zero-order chi connectivity index (χ0) is 47.0. The molecule has 0 aliphatic carbocycles. The summed E-state index contributed by atoms with van der Waals surface area (Å²) in [4.78, 5) is 100. The van der Waals surface area contributed by atoms with Crippen LogP contribution >= 0.6 is 21.6 Å². The van der Waals surface area contributed by atoms with Crippen LogP contribution in [0.5, 0.6) is 5.75 Å². The van der Waals surface area contributed by atoms with Crippen LogP contribution in [0.15, 0.2) is 85.1 Å². The summed E-state index contributed by atoms with van der Waals surface area (Å²) < 4.78 is 0. The van der Waals surface area contributed by atoms with E-state index in [0.717, 1.165) is 38.1 Å². The topological polar surface area (TPSA) is 326 Å². The number of fused-ring (bicyclic) bond motifs is 1. The van der Waals surface area contributed by atoms with E-state index in [9.17, 15) is 43.8 Å². The third-order valence-corrected chi connectivity index (χ3v) is 13.0. The maximum absolute atomic E-state index is 14.6. The number of phenols is 1. The summed E-state index contributed by atoms with van der Waals surface area (Å²) >= 11 is 0. The zero-order valence-corrected chi connectivity index (χ0v) is 37.3.